The Morgan fingerprint density at radius 2 is 1.57 bits per heavy atom. The molecule has 0 aliphatic carbocycles. The Morgan fingerprint density at radius 3 is 2.19 bits per heavy atom. The summed E-state index contributed by atoms with van der Waals surface area (Å²) in [5.74, 6) is -1.01. The Morgan fingerprint density at radius 1 is 1.00 bits per heavy atom. The van der Waals surface area contributed by atoms with Gasteiger partial charge in [0.25, 0.3) is 0 Å². The van der Waals surface area contributed by atoms with Crippen LogP contribution in [0.5, 0.6) is 11.5 Å². The smallest absolute Gasteiger partial charge is 0.338 e. The molecule has 0 unspecified atom stereocenters. The van der Waals surface area contributed by atoms with Gasteiger partial charge in [0.15, 0.2) is 5.78 Å². The molecule has 0 saturated heterocycles. The number of esters is 1. The van der Waals surface area contributed by atoms with Crippen LogP contribution >= 0.6 is 0 Å². The molecule has 1 N–H and O–H groups in total. The standard InChI is InChI=1S/C17H14O4/c1-11(2)17(20)21-15-10-6-4-8-13(15)16(19)12-7-3-5-9-14(12)18/h3-10,18H,1H2,2H3. The molecule has 2 rings (SSSR count). The largest absolute Gasteiger partial charge is 0.507 e. The lowest BCUT2D eigenvalue weighted by molar-refractivity contribution is -0.130. The minimum atomic E-state index is -0.604. The second kappa shape index (κ2) is 6.05. The van der Waals surface area contributed by atoms with Crippen molar-refractivity contribution in [1.82, 2.24) is 0 Å². The number of ether oxygens (including phenoxy) is 1. The van der Waals surface area contributed by atoms with Crippen molar-refractivity contribution in [3.05, 3.63) is 71.8 Å². The number of hydrogen-bond donors (Lipinski definition) is 1. The summed E-state index contributed by atoms with van der Waals surface area (Å²) in [5.41, 5.74) is 0.588. The van der Waals surface area contributed by atoms with E-state index in [0.29, 0.717) is 0 Å². The summed E-state index contributed by atoms with van der Waals surface area (Å²) >= 11 is 0. The van der Waals surface area contributed by atoms with E-state index >= 15 is 0 Å². The highest BCUT2D eigenvalue weighted by Crippen LogP contribution is 2.26. The first-order valence-corrected chi connectivity index (χ1v) is 6.30. The van der Waals surface area contributed by atoms with Gasteiger partial charge in [0.2, 0.25) is 0 Å². The monoisotopic (exact) mass is 282 g/mol. The molecule has 2 aromatic rings. The van der Waals surface area contributed by atoms with Crippen molar-refractivity contribution in [2.24, 2.45) is 0 Å². The number of phenolic OH excluding ortho intramolecular Hbond substituents is 1. The Balaban J connectivity index is 2.41. The second-order valence-electron chi connectivity index (χ2n) is 4.51. The van der Waals surface area contributed by atoms with Crippen LogP contribution in [0.1, 0.15) is 22.8 Å². The van der Waals surface area contributed by atoms with Crippen molar-refractivity contribution in [2.75, 3.05) is 0 Å². The topological polar surface area (TPSA) is 63.6 Å². The van der Waals surface area contributed by atoms with Crippen LogP contribution in [0.25, 0.3) is 0 Å². The van der Waals surface area contributed by atoms with E-state index in [1.807, 2.05) is 0 Å². The van der Waals surface area contributed by atoms with Gasteiger partial charge in [-0.2, -0.15) is 0 Å². The van der Waals surface area contributed by atoms with Crippen LogP contribution < -0.4 is 4.74 Å². The van der Waals surface area contributed by atoms with E-state index < -0.39 is 11.8 Å². The molecule has 4 nitrogen and oxygen atoms in total. The number of benzene rings is 2. The predicted octanol–water partition coefficient (Wildman–Crippen LogP) is 3.10. The molecule has 0 fully saturated rings. The first-order valence-electron chi connectivity index (χ1n) is 6.30. The normalized spacial score (nSPS) is 9.95. The summed E-state index contributed by atoms with van der Waals surface area (Å²) in [7, 11) is 0. The summed E-state index contributed by atoms with van der Waals surface area (Å²) in [4.78, 5) is 24.1. The van der Waals surface area contributed by atoms with Gasteiger partial charge in [-0.1, -0.05) is 30.8 Å². The number of phenols is 1. The highest BCUT2D eigenvalue weighted by Gasteiger charge is 2.18. The Kier molecular flexibility index (Phi) is 4.18. The quantitative estimate of drug-likeness (QED) is 0.405. The Hall–Kier alpha value is -2.88. The van der Waals surface area contributed by atoms with Crippen molar-refractivity contribution in [3.63, 3.8) is 0 Å². The molecule has 21 heavy (non-hydrogen) atoms. The minimum Gasteiger partial charge on any atom is -0.507 e. The molecule has 106 valence electrons. The van der Waals surface area contributed by atoms with Gasteiger partial charge in [0.05, 0.1) is 11.1 Å². The third kappa shape index (κ3) is 3.17. The number of ketones is 1. The van der Waals surface area contributed by atoms with Crippen molar-refractivity contribution in [1.29, 1.82) is 0 Å². The zero-order chi connectivity index (χ0) is 15.4. The summed E-state index contributed by atoms with van der Waals surface area (Å²) in [6.45, 7) is 5.02. The van der Waals surface area contributed by atoms with Crippen LogP contribution in [0.3, 0.4) is 0 Å². The lowest BCUT2D eigenvalue weighted by atomic mass is 10.0. The summed E-state index contributed by atoms with van der Waals surface area (Å²) in [6, 6.07) is 12.6. The van der Waals surface area contributed by atoms with Crippen LogP contribution in [0.2, 0.25) is 0 Å². The number of carbonyl (C=O) groups excluding carboxylic acids is 2. The molecule has 0 aliphatic heterocycles. The van der Waals surface area contributed by atoms with Crippen LogP contribution in [0.15, 0.2) is 60.7 Å². The van der Waals surface area contributed by atoms with Gasteiger partial charge in [0, 0.05) is 5.57 Å². The van der Waals surface area contributed by atoms with E-state index in [4.69, 9.17) is 4.74 Å². The Bertz CT molecular complexity index is 716. The van der Waals surface area contributed by atoms with Crippen LogP contribution in [0, 0.1) is 0 Å². The van der Waals surface area contributed by atoms with Gasteiger partial charge >= 0.3 is 5.97 Å². The van der Waals surface area contributed by atoms with Gasteiger partial charge in [0.1, 0.15) is 11.5 Å². The molecule has 0 aromatic heterocycles. The summed E-state index contributed by atoms with van der Waals surface area (Å²) in [5, 5.41) is 9.76. The number of aromatic hydroxyl groups is 1. The van der Waals surface area contributed by atoms with E-state index in [1.54, 1.807) is 24.3 Å². The molecule has 0 amide bonds. The van der Waals surface area contributed by atoms with Crippen molar-refractivity contribution < 1.29 is 19.4 Å². The molecule has 0 saturated carbocycles. The zero-order valence-corrected chi connectivity index (χ0v) is 11.5. The van der Waals surface area contributed by atoms with Crippen molar-refractivity contribution in [3.8, 4) is 11.5 Å². The molecular formula is C17H14O4. The van der Waals surface area contributed by atoms with E-state index in [9.17, 15) is 14.7 Å². The fraction of sp³-hybridized carbons (Fsp3) is 0.0588. The van der Waals surface area contributed by atoms with E-state index in [-0.39, 0.29) is 28.2 Å². The maximum absolute atomic E-state index is 12.5. The van der Waals surface area contributed by atoms with Gasteiger partial charge in [-0.05, 0) is 31.2 Å². The first kappa shape index (κ1) is 14.5. The number of hydrogen-bond acceptors (Lipinski definition) is 4. The molecule has 0 bridgehead atoms. The molecule has 4 heteroatoms. The fourth-order valence-corrected chi connectivity index (χ4v) is 1.74. The van der Waals surface area contributed by atoms with Gasteiger partial charge in [-0.15, -0.1) is 0 Å². The predicted molar refractivity (Wildman–Crippen MR) is 78.4 cm³/mol. The van der Waals surface area contributed by atoms with E-state index in [0.717, 1.165) is 0 Å². The minimum absolute atomic E-state index is 0.122. The lowest BCUT2D eigenvalue weighted by Crippen LogP contribution is -2.12. The van der Waals surface area contributed by atoms with Crippen LogP contribution in [0.4, 0.5) is 0 Å². The zero-order valence-electron chi connectivity index (χ0n) is 11.5. The average molecular weight is 282 g/mol. The highest BCUT2D eigenvalue weighted by atomic mass is 16.5. The van der Waals surface area contributed by atoms with Gasteiger partial charge in [-0.3, -0.25) is 4.79 Å². The number of carbonyl (C=O) groups is 2. The SMILES string of the molecule is C=C(C)C(=O)Oc1ccccc1C(=O)c1ccccc1O. The van der Waals surface area contributed by atoms with Gasteiger partial charge in [-0.25, -0.2) is 4.79 Å². The van der Waals surface area contributed by atoms with Crippen molar-refractivity contribution in [2.45, 2.75) is 6.92 Å². The molecule has 0 radical (unpaired) electrons. The molecule has 0 atom stereocenters. The lowest BCUT2D eigenvalue weighted by Gasteiger charge is -2.10. The third-order valence-electron chi connectivity index (χ3n) is 2.83. The average Bonchev–Trinajstić information content (AvgIpc) is 2.47. The maximum atomic E-state index is 12.5. The maximum Gasteiger partial charge on any atom is 0.338 e. The molecule has 0 heterocycles. The highest BCUT2D eigenvalue weighted by molar-refractivity contribution is 6.12. The summed E-state index contributed by atoms with van der Waals surface area (Å²) < 4.78 is 5.15. The molecular weight excluding hydrogens is 268 g/mol. The number of para-hydroxylation sites is 2. The molecule has 0 spiro atoms. The second-order valence-corrected chi connectivity index (χ2v) is 4.51. The summed E-state index contributed by atoms with van der Waals surface area (Å²) in [6.07, 6.45) is 0. The first-order chi connectivity index (χ1) is 10.0. The van der Waals surface area contributed by atoms with E-state index in [2.05, 4.69) is 6.58 Å². The number of rotatable bonds is 4. The van der Waals surface area contributed by atoms with Gasteiger partial charge < -0.3 is 9.84 Å². The van der Waals surface area contributed by atoms with Crippen LogP contribution in [-0.4, -0.2) is 16.9 Å². The fourth-order valence-electron chi connectivity index (χ4n) is 1.74. The molecule has 0 aliphatic rings. The van der Waals surface area contributed by atoms with Crippen LogP contribution in [-0.2, 0) is 4.79 Å². The molecule has 2 aromatic carbocycles. The van der Waals surface area contributed by atoms with E-state index in [1.165, 1.54) is 31.2 Å². The van der Waals surface area contributed by atoms with Crippen molar-refractivity contribution >= 4 is 11.8 Å². The third-order valence-corrected chi connectivity index (χ3v) is 2.83. The Labute approximate surface area is 122 Å².